The van der Waals surface area contributed by atoms with Crippen LogP contribution >= 0.6 is 11.3 Å². The Morgan fingerprint density at radius 3 is 2.97 bits per heavy atom. The van der Waals surface area contributed by atoms with Crippen LogP contribution in [0, 0.1) is 6.92 Å². The van der Waals surface area contributed by atoms with E-state index in [1.807, 2.05) is 31.2 Å². The molecule has 1 aliphatic carbocycles. The first-order valence-electron chi connectivity index (χ1n) is 9.45. The molecule has 0 bridgehead atoms. The molecule has 2 heterocycles. The van der Waals surface area contributed by atoms with Gasteiger partial charge in [-0.15, -0.1) is 0 Å². The van der Waals surface area contributed by atoms with Crippen molar-refractivity contribution in [3.05, 3.63) is 63.5 Å². The number of nitrogens with one attached hydrogen (secondary N) is 1. The number of hydrogen-bond donors (Lipinski definition) is 1. The first-order valence-corrected chi connectivity index (χ1v) is 10.3. The van der Waals surface area contributed by atoms with Gasteiger partial charge in [0.2, 0.25) is 0 Å². The molecule has 0 radical (unpaired) electrons. The zero-order valence-electron chi connectivity index (χ0n) is 15.8. The number of carbonyl (C=O) groups excluding carboxylic acids is 1. The van der Waals surface area contributed by atoms with Crippen molar-refractivity contribution in [2.45, 2.75) is 26.2 Å². The molecule has 0 unspecified atom stereocenters. The lowest BCUT2D eigenvalue weighted by molar-refractivity contribution is -0.118. The number of fused-ring (bicyclic) bond motifs is 4. The van der Waals surface area contributed by atoms with Crippen LogP contribution in [0.4, 0.5) is 5.13 Å². The lowest BCUT2D eigenvalue weighted by Crippen LogP contribution is -2.20. The Labute approximate surface area is 170 Å². The van der Waals surface area contributed by atoms with Crippen LogP contribution in [0.1, 0.15) is 23.1 Å². The van der Waals surface area contributed by atoms with E-state index in [1.165, 1.54) is 11.3 Å². The second-order valence-corrected chi connectivity index (χ2v) is 8.22. The van der Waals surface area contributed by atoms with Gasteiger partial charge >= 0.3 is 5.63 Å². The zero-order chi connectivity index (χ0) is 20.0. The first kappa shape index (κ1) is 17.9. The summed E-state index contributed by atoms with van der Waals surface area (Å²) >= 11 is 1.43. The van der Waals surface area contributed by atoms with Crippen molar-refractivity contribution < 1.29 is 13.9 Å². The SMILES string of the molecule is Cc1ccc2nc(NC(=O)COc3ccc4c5c(c(=O)oc4c3)CCC5)sc2c1. The summed E-state index contributed by atoms with van der Waals surface area (Å²) in [6.07, 6.45) is 2.64. The molecule has 0 spiro atoms. The molecule has 0 aliphatic heterocycles. The topological polar surface area (TPSA) is 81.4 Å². The van der Waals surface area contributed by atoms with Gasteiger partial charge in [-0.2, -0.15) is 0 Å². The maximum atomic E-state index is 12.3. The molecule has 5 rings (SSSR count). The highest BCUT2D eigenvalue weighted by atomic mass is 32.1. The van der Waals surface area contributed by atoms with Gasteiger partial charge in [0.25, 0.3) is 5.91 Å². The Kier molecular flexibility index (Phi) is 4.32. The smallest absolute Gasteiger partial charge is 0.339 e. The van der Waals surface area contributed by atoms with Crippen LogP contribution in [0.3, 0.4) is 0 Å². The number of rotatable bonds is 4. The van der Waals surface area contributed by atoms with Crippen molar-refractivity contribution in [1.29, 1.82) is 0 Å². The van der Waals surface area contributed by atoms with Crippen molar-refractivity contribution in [3.63, 3.8) is 0 Å². The van der Waals surface area contributed by atoms with E-state index in [0.29, 0.717) is 16.5 Å². The van der Waals surface area contributed by atoms with E-state index >= 15 is 0 Å². The molecule has 4 aromatic rings. The second-order valence-electron chi connectivity index (χ2n) is 7.19. The molecule has 2 aromatic carbocycles. The van der Waals surface area contributed by atoms with Gasteiger partial charge in [-0.3, -0.25) is 10.1 Å². The van der Waals surface area contributed by atoms with Crippen LogP contribution in [0.2, 0.25) is 0 Å². The van der Waals surface area contributed by atoms with E-state index in [4.69, 9.17) is 9.15 Å². The molecular formula is C22H18N2O4S. The number of aromatic nitrogens is 1. The summed E-state index contributed by atoms with van der Waals surface area (Å²) in [4.78, 5) is 28.8. The van der Waals surface area contributed by atoms with Crippen LogP contribution in [-0.4, -0.2) is 17.5 Å². The third kappa shape index (κ3) is 3.38. The lowest BCUT2D eigenvalue weighted by atomic mass is 10.1. The molecule has 6 nitrogen and oxygen atoms in total. The summed E-state index contributed by atoms with van der Waals surface area (Å²) in [6, 6.07) is 11.3. The van der Waals surface area contributed by atoms with E-state index in [9.17, 15) is 9.59 Å². The number of hydrogen-bond acceptors (Lipinski definition) is 6. The van der Waals surface area contributed by atoms with Gasteiger partial charge < -0.3 is 9.15 Å². The minimum absolute atomic E-state index is 0.157. The van der Waals surface area contributed by atoms with E-state index in [-0.39, 0.29) is 18.1 Å². The highest BCUT2D eigenvalue weighted by Crippen LogP contribution is 2.30. The third-order valence-corrected chi connectivity index (χ3v) is 6.04. The van der Waals surface area contributed by atoms with E-state index in [1.54, 1.807) is 12.1 Å². The summed E-state index contributed by atoms with van der Waals surface area (Å²) in [5.74, 6) is 0.185. The van der Waals surface area contributed by atoms with Gasteiger partial charge in [0.15, 0.2) is 11.7 Å². The predicted octanol–water partition coefficient (Wildman–Crippen LogP) is 4.22. The molecule has 146 valence electrons. The minimum atomic E-state index is -0.295. The molecule has 1 N–H and O–H groups in total. The fraction of sp³-hybridized carbons (Fsp3) is 0.227. The number of thiazole rings is 1. The molecular weight excluding hydrogens is 388 g/mol. The quantitative estimate of drug-likeness (QED) is 0.513. The molecule has 7 heteroatoms. The largest absolute Gasteiger partial charge is 0.484 e. The van der Waals surface area contributed by atoms with Gasteiger partial charge in [-0.05, 0) is 61.6 Å². The number of benzene rings is 2. The van der Waals surface area contributed by atoms with Crippen LogP contribution in [0.15, 0.2) is 45.6 Å². The fourth-order valence-corrected chi connectivity index (χ4v) is 4.72. The summed E-state index contributed by atoms with van der Waals surface area (Å²) in [5.41, 5.74) is 4.09. The summed E-state index contributed by atoms with van der Waals surface area (Å²) in [6.45, 7) is 1.86. The van der Waals surface area contributed by atoms with Crippen LogP contribution in [0.5, 0.6) is 5.75 Å². The van der Waals surface area contributed by atoms with Gasteiger partial charge in [-0.25, -0.2) is 9.78 Å². The number of aryl methyl sites for hydroxylation is 2. The Bertz CT molecular complexity index is 1320. The maximum Gasteiger partial charge on any atom is 0.339 e. The van der Waals surface area contributed by atoms with E-state index in [0.717, 1.165) is 51.6 Å². The first-order chi connectivity index (χ1) is 14.1. The third-order valence-electron chi connectivity index (χ3n) is 5.11. The highest BCUT2D eigenvalue weighted by Gasteiger charge is 2.19. The van der Waals surface area contributed by atoms with Gasteiger partial charge in [0, 0.05) is 17.0 Å². The summed E-state index contributed by atoms with van der Waals surface area (Å²) in [5, 5.41) is 4.26. The zero-order valence-corrected chi connectivity index (χ0v) is 16.6. The number of nitrogens with zero attached hydrogens (tertiary/aromatic N) is 1. The van der Waals surface area contributed by atoms with Gasteiger partial charge in [-0.1, -0.05) is 17.4 Å². The fourth-order valence-electron chi connectivity index (χ4n) is 3.74. The second kappa shape index (κ2) is 7.00. The Balaban J connectivity index is 1.30. The standard InChI is InChI=1S/C22H18N2O4S/c1-12-5-8-17-19(9-12)29-22(23-17)24-20(25)11-27-13-6-7-15-14-3-2-4-16(14)21(26)28-18(15)10-13/h5-10H,2-4,11H2,1H3,(H,23,24,25). The monoisotopic (exact) mass is 406 g/mol. The Hall–Kier alpha value is -3.19. The number of amides is 1. The molecule has 29 heavy (non-hydrogen) atoms. The lowest BCUT2D eigenvalue weighted by Gasteiger charge is -2.08. The van der Waals surface area contributed by atoms with Gasteiger partial charge in [0.1, 0.15) is 11.3 Å². The van der Waals surface area contributed by atoms with Crippen molar-refractivity contribution in [3.8, 4) is 5.75 Å². The Morgan fingerprint density at radius 2 is 2.07 bits per heavy atom. The molecule has 1 aliphatic rings. The van der Waals surface area contributed by atoms with Crippen LogP contribution < -0.4 is 15.7 Å². The number of carbonyl (C=O) groups is 1. The average molecular weight is 406 g/mol. The maximum absolute atomic E-state index is 12.3. The summed E-state index contributed by atoms with van der Waals surface area (Å²) in [7, 11) is 0. The van der Waals surface area contributed by atoms with Crippen LogP contribution in [0.25, 0.3) is 21.2 Å². The van der Waals surface area contributed by atoms with Crippen molar-refractivity contribution in [1.82, 2.24) is 4.98 Å². The predicted molar refractivity (Wildman–Crippen MR) is 113 cm³/mol. The normalized spacial score (nSPS) is 13.0. The summed E-state index contributed by atoms with van der Waals surface area (Å²) < 4.78 is 12.1. The van der Waals surface area contributed by atoms with Gasteiger partial charge in [0.05, 0.1) is 10.2 Å². The van der Waals surface area contributed by atoms with Crippen molar-refractivity contribution in [2.24, 2.45) is 0 Å². The molecule has 0 atom stereocenters. The van der Waals surface area contributed by atoms with Crippen molar-refractivity contribution in [2.75, 3.05) is 11.9 Å². The molecule has 1 amide bonds. The minimum Gasteiger partial charge on any atom is -0.484 e. The number of ether oxygens (including phenoxy) is 1. The average Bonchev–Trinajstić information content (AvgIpc) is 3.33. The van der Waals surface area contributed by atoms with E-state index in [2.05, 4.69) is 10.3 Å². The highest BCUT2D eigenvalue weighted by molar-refractivity contribution is 7.22. The molecule has 0 saturated carbocycles. The molecule has 0 fully saturated rings. The van der Waals surface area contributed by atoms with Crippen molar-refractivity contribution >= 4 is 43.6 Å². The molecule has 0 saturated heterocycles. The molecule has 2 aromatic heterocycles. The number of anilines is 1. The Morgan fingerprint density at radius 1 is 1.21 bits per heavy atom. The van der Waals surface area contributed by atoms with E-state index < -0.39 is 0 Å². The van der Waals surface area contributed by atoms with Crippen LogP contribution in [-0.2, 0) is 17.6 Å².